The Labute approximate surface area is 271 Å². The molecule has 0 aromatic heterocycles. The van der Waals surface area contributed by atoms with E-state index in [0.717, 1.165) is 22.3 Å². The topological polar surface area (TPSA) is 86.7 Å². The van der Waals surface area contributed by atoms with Gasteiger partial charge in [0, 0.05) is 0 Å². The lowest BCUT2D eigenvalue weighted by molar-refractivity contribution is -0.190. The Morgan fingerprint density at radius 3 is 0.783 bits per heavy atom. The predicted molar refractivity (Wildman–Crippen MR) is 174 cm³/mol. The summed E-state index contributed by atoms with van der Waals surface area (Å²) >= 11 is 0. The molecule has 6 nitrogen and oxygen atoms in total. The third-order valence-electron chi connectivity index (χ3n) is 13.2. The van der Waals surface area contributed by atoms with Crippen LogP contribution in [0.2, 0.25) is 0 Å². The zero-order valence-electron chi connectivity index (χ0n) is 28.2. The molecule has 4 bridgehead atoms. The molecule has 5 heterocycles. The molecule has 2 aromatic rings. The van der Waals surface area contributed by atoms with Crippen LogP contribution in [0.4, 0.5) is 0 Å². The van der Waals surface area contributed by atoms with Crippen molar-refractivity contribution in [1.29, 1.82) is 0 Å². The second-order valence-corrected chi connectivity index (χ2v) is 16.2. The summed E-state index contributed by atoms with van der Waals surface area (Å²) in [7, 11) is 0. The molecule has 0 aliphatic carbocycles. The van der Waals surface area contributed by atoms with E-state index >= 15 is 0 Å². The maximum atomic E-state index is 14.3. The Balaban J connectivity index is 1.44. The highest BCUT2D eigenvalue weighted by Gasteiger charge is 2.72. The molecule has 0 radical (unpaired) electrons. The van der Waals surface area contributed by atoms with Crippen LogP contribution in [0.15, 0.2) is 72.8 Å². The van der Waals surface area contributed by atoms with Crippen molar-refractivity contribution in [3.63, 3.8) is 0 Å². The van der Waals surface area contributed by atoms with Gasteiger partial charge in [-0.2, -0.15) is 0 Å². The van der Waals surface area contributed by atoms with Gasteiger partial charge in [0.2, 0.25) is 0 Å². The standard InChI is InChI=1S/C40H44O6/c1-33(2)29(41)17-18-30(42)35(5,6)39-23-24-40(46-39,28-16-12-11-15-27(28)39)36(7,8)32(44)20-19-31(43)34(3,4)38-22-21-37(33,45-38)25-13-9-10-14-26(25)38/h9-20H,21-24H2,1-8H3/b18-17-,20-19-/t37-,38-,39-,40+/m0/s1. The fraction of sp³-hybridized carbons (Fsp3) is 0.500. The second-order valence-electron chi connectivity index (χ2n) is 16.2. The highest BCUT2D eigenvalue weighted by molar-refractivity contribution is 6.05. The number of hydrogen-bond donors (Lipinski definition) is 0. The first kappa shape index (κ1) is 31.1. The van der Waals surface area contributed by atoms with Gasteiger partial charge in [0.1, 0.15) is 22.4 Å². The van der Waals surface area contributed by atoms with Crippen molar-refractivity contribution < 1.29 is 28.7 Å². The normalized spacial score (nSPS) is 37.7. The first-order valence-corrected chi connectivity index (χ1v) is 16.5. The molecule has 5 aliphatic heterocycles. The van der Waals surface area contributed by atoms with E-state index in [9.17, 15) is 19.2 Å². The molecule has 0 amide bonds. The largest absolute Gasteiger partial charge is 0.357 e. The van der Waals surface area contributed by atoms with Crippen LogP contribution in [0.25, 0.3) is 0 Å². The molecule has 2 aromatic carbocycles. The molecule has 6 heteroatoms. The van der Waals surface area contributed by atoms with Crippen LogP contribution in [0.5, 0.6) is 0 Å². The van der Waals surface area contributed by atoms with Gasteiger partial charge >= 0.3 is 0 Å². The van der Waals surface area contributed by atoms with Crippen LogP contribution >= 0.6 is 0 Å². The van der Waals surface area contributed by atoms with Crippen LogP contribution in [0.3, 0.4) is 0 Å². The highest BCUT2D eigenvalue weighted by atomic mass is 16.5. The summed E-state index contributed by atoms with van der Waals surface area (Å²) in [6, 6.07) is 15.7. The van der Waals surface area contributed by atoms with Gasteiger partial charge in [-0.25, -0.2) is 0 Å². The molecule has 0 unspecified atom stereocenters. The fourth-order valence-corrected chi connectivity index (χ4v) is 9.68. The summed E-state index contributed by atoms with van der Waals surface area (Å²) in [5, 5.41) is 0. The van der Waals surface area contributed by atoms with Gasteiger partial charge in [-0.15, -0.1) is 0 Å². The molecule has 5 aliphatic rings. The van der Waals surface area contributed by atoms with E-state index in [0.29, 0.717) is 25.7 Å². The number of fused-ring (bicyclic) bond motifs is 2. The number of allylic oxidation sites excluding steroid dienone is 4. The Morgan fingerprint density at radius 2 is 0.587 bits per heavy atom. The van der Waals surface area contributed by atoms with Gasteiger partial charge in [-0.3, -0.25) is 19.2 Å². The molecule has 0 N–H and O–H groups in total. The van der Waals surface area contributed by atoms with Crippen LogP contribution in [-0.2, 0) is 51.1 Å². The quantitative estimate of drug-likeness (QED) is 0.307. The van der Waals surface area contributed by atoms with Crippen molar-refractivity contribution in [1.82, 2.24) is 0 Å². The zero-order chi connectivity index (χ0) is 33.3. The number of hydrogen-bond acceptors (Lipinski definition) is 6. The van der Waals surface area contributed by atoms with Crippen molar-refractivity contribution in [3.8, 4) is 0 Å². The maximum absolute atomic E-state index is 14.3. The first-order chi connectivity index (χ1) is 21.4. The molecule has 0 saturated carbocycles. The van der Waals surface area contributed by atoms with E-state index in [-0.39, 0.29) is 23.1 Å². The van der Waals surface area contributed by atoms with Crippen molar-refractivity contribution in [2.24, 2.45) is 21.7 Å². The van der Waals surface area contributed by atoms with Crippen LogP contribution < -0.4 is 0 Å². The molecule has 46 heavy (non-hydrogen) atoms. The van der Waals surface area contributed by atoms with E-state index in [4.69, 9.17) is 9.47 Å². The van der Waals surface area contributed by atoms with Gasteiger partial charge in [0.05, 0.1) is 21.7 Å². The van der Waals surface area contributed by atoms with Crippen LogP contribution in [-0.4, -0.2) is 23.1 Å². The highest BCUT2D eigenvalue weighted by Crippen LogP contribution is 2.71. The number of benzene rings is 2. The van der Waals surface area contributed by atoms with E-state index in [1.54, 1.807) is 0 Å². The maximum Gasteiger partial charge on any atom is 0.164 e. The molecular weight excluding hydrogens is 576 g/mol. The molecule has 4 atom stereocenters. The van der Waals surface area contributed by atoms with E-state index in [1.807, 2.05) is 104 Å². The monoisotopic (exact) mass is 620 g/mol. The van der Waals surface area contributed by atoms with Crippen LogP contribution in [0, 0.1) is 21.7 Å². The Bertz CT molecular complexity index is 1550. The van der Waals surface area contributed by atoms with Gasteiger partial charge in [0.25, 0.3) is 0 Å². The average molecular weight is 621 g/mol. The van der Waals surface area contributed by atoms with Gasteiger partial charge < -0.3 is 9.47 Å². The average Bonchev–Trinajstić information content (AvgIpc) is 3.79. The number of carbonyl (C=O) groups is 4. The molecule has 7 rings (SSSR count). The lowest BCUT2D eigenvalue weighted by atomic mass is 9.58. The van der Waals surface area contributed by atoms with Crippen molar-refractivity contribution in [2.45, 2.75) is 103 Å². The summed E-state index contributed by atoms with van der Waals surface area (Å²) in [5.74, 6) is -0.863. The molecule has 0 spiro atoms. The van der Waals surface area contributed by atoms with Crippen molar-refractivity contribution in [3.05, 3.63) is 95.1 Å². The fourth-order valence-electron chi connectivity index (χ4n) is 9.68. The molecule has 2 saturated heterocycles. The lowest BCUT2D eigenvalue weighted by Crippen LogP contribution is -2.48. The van der Waals surface area contributed by atoms with Crippen molar-refractivity contribution in [2.75, 3.05) is 0 Å². The minimum atomic E-state index is -1.06. The van der Waals surface area contributed by atoms with E-state index in [1.165, 1.54) is 24.3 Å². The minimum Gasteiger partial charge on any atom is -0.357 e. The summed E-state index contributed by atoms with van der Waals surface area (Å²) < 4.78 is 14.2. The molecule has 2 fully saturated rings. The Hall–Kier alpha value is -3.48. The smallest absolute Gasteiger partial charge is 0.164 e. The third-order valence-corrected chi connectivity index (χ3v) is 13.2. The Kier molecular flexibility index (Phi) is 6.16. The van der Waals surface area contributed by atoms with Crippen LogP contribution in [0.1, 0.15) is 103 Å². The number of ether oxygens (including phenoxy) is 2. The number of ketones is 4. The Morgan fingerprint density at radius 1 is 0.391 bits per heavy atom. The molecule has 240 valence electrons. The molecular formula is C40H44O6. The lowest BCUT2D eigenvalue weighted by Gasteiger charge is -2.42. The summed E-state index contributed by atoms with van der Waals surface area (Å²) in [6.07, 6.45) is 7.82. The first-order valence-electron chi connectivity index (χ1n) is 16.5. The summed E-state index contributed by atoms with van der Waals surface area (Å²) in [4.78, 5) is 57.0. The minimum absolute atomic E-state index is 0.216. The number of carbonyl (C=O) groups excluding carboxylic acids is 4. The van der Waals surface area contributed by atoms with Gasteiger partial charge in [0.15, 0.2) is 23.1 Å². The second kappa shape index (κ2) is 9.11. The van der Waals surface area contributed by atoms with E-state index in [2.05, 4.69) is 0 Å². The summed E-state index contributed by atoms with van der Waals surface area (Å²) in [5.41, 5.74) is -4.60. The predicted octanol–water partition coefficient (Wildman–Crippen LogP) is 7.32. The summed E-state index contributed by atoms with van der Waals surface area (Å²) in [6.45, 7) is 15.0. The SMILES string of the molecule is CC1(C)C(=O)/C=C\C(=O)C(C)(C)[C@@]23CC[C@@](O2)(c2ccccc23)C(C)(C)C(=O)/C=C\C(=O)C(C)(C)[C@@]23CC[C@]1(O2)c1ccccc13. The van der Waals surface area contributed by atoms with E-state index < -0.39 is 44.1 Å². The van der Waals surface area contributed by atoms with Gasteiger partial charge in [-0.1, -0.05) is 48.5 Å². The number of rotatable bonds is 0. The van der Waals surface area contributed by atoms with Crippen molar-refractivity contribution >= 4 is 23.1 Å². The third kappa shape index (κ3) is 3.30. The zero-order valence-corrected chi connectivity index (χ0v) is 28.2. The van der Waals surface area contributed by atoms with Gasteiger partial charge in [-0.05, 0) is 128 Å².